The average Bonchev–Trinajstić information content (AvgIpc) is 3.24. The van der Waals surface area contributed by atoms with Gasteiger partial charge in [0.1, 0.15) is 0 Å². The zero-order valence-corrected chi connectivity index (χ0v) is 16.5. The predicted molar refractivity (Wildman–Crippen MR) is 108 cm³/mol. The van der Waals surface area contributed by atoms with Crippen molar-refractivity contribution in [3.05, 3.63) is 46.3 Å². The number of benzene rings is 1. The molecule has 0 unspecified atom stereocenters. The van der Waals surface area contributed by atoms with Gasteiger partial charge in [0.25, 0.3) is 0 Å². The van der Waals surface area contributed by atoms with Gasteiger partial charge in [0.05, 0.1) is 5.69 Å². The monoisotopic (exact) mass is 352 g/mol. The normalized spacial score (nSPS) is 17.7. The Bertz CT molecular complexity index is 769. The van der Waals surface area contributed by atoms with E-state index in [0.717, 1.165) is 26.2 Å². The average molecular weight is 353 g/mol. The molecular formula is C22H32N4. The van der Waals surface area contributed by atoms with Crippen LogP contribution in [0.1, 0.15) is 54.3 Å². The number of nitrogens with one attached hydrogen (secondary N) is 1. The van der Waals surface area contributed by atoms with Crippen LogP contribution in [-0.4, -0.2) is 28.9 Å². The highest BCUT2D eigenvalue weighted by Gasteiger charge is 2.21. The van der Waals surface area contributed by atoms with Gasteiger partial charge < -0.3 is 10.2 Å². The lowest BCUT2D eigenvalue weighted by Gasteiger charge is -2.34. The highest BCUT2D eigenvalue weighted by Crippen LogP contribution is 2.28. The molecule has 26 heavy (non-hydrogen) atoms. The van der Waals surface area contributed by atoms with Crippen molar-refractivity contribution in [2.45, 2.75) is 72.0 Å². The molecule has 0 spiro atoms. The first-order chi connectivity index (χ1) is 12.7. The molecule has 1 aromatic carbocycles. The van der Waals surface area contributed by atoms with Crippen LogP contribution in [0.3, 0.4) is 0 Å². The van der Waals surface area contributed by atoms with Gasteiger partial charge in [-0.2, -0.15) is 5.10 Å². The fourth-order valence-electron chi connectivity index (χ4n) is 4.64. The van der Waals surface area contributed by atoms with Crippen LogP contribution in [0.5, 0.6) is 0 Å². The number of anilines is 1. The molecule has 0 saturated carbocycles. The molecule has 1 aromatic heterocycles. The van der Waals surface area contributed by atoms with E-state index in [1.807, 2.05) is 0 Å². The maximum Gasteiger partial charge on any atom is 0.0641 e. The van der Waals surface area contributed by atoms with Gasteiger partial charge in [0.15, 0.2) is 0 Å². The van der Waals surface area contributed by atoms with E-state index in [-0.39, 0.29) is 0 Å². The summed E-state index contributed by atoms with van der Waals surface area (Å²) in [6.07, 6.45) is 6.31. The molecule has 1 aliphatic heterocycles. The molecule has 140 valence electrons. The third-order valence-corrected chi connectivity index (χ3v) is 6.34. The maximum atomic E-state index is 4.64. The summed E-state index contributed by atoms with van der Waals surface area (Å²) >= 11 is 0. The first-order valence-electron chi connectivity index (χ1n) is 10.3. The minimum Gasteiger partial charge on any atom is -0.371 e. The SMILES string of the molecule is CCn1nc(C)c(CNC2CCN(c3ccc4c(c3)CCC4)CC2)c1C. The van der Waals surface area contributed by atoms with Crippen LogP contribution in [0.25, 0.3) is 0 Å². The molecule has 0 bridgehead atoms. The summed E-state index contributed by atoms with van der Waals surface area (Å²) in [7, 11) is 0. The van der Waals surface area contributed by atoms with Gasteiger partial charge in [-0.1, -0.05) is 6.07 Å². The molecule has 1 N–H and O–H groups in total. The van der Waals surface area contributed by atoms with Gasteiger partial charge in [-0.3, -0.25) is 4.68 Å². The fourth-order valence-corrected chi connectivity index (χ4v) is 4.64. The summed E-state index contributed by atoms with van der Waals surface area (Å²) in [5.74, 6) is 0. The van der Waals surface area contributed by atoms with Gasteiger partial charge in [-0.25, -0.2) is 0 Å². The number of aryl methyl sites for hydroxylation is 4. The molecule has 1 saturated heterocycles. The molecule has 2 heterocycles. The zero-order valence-electron chi connectivity index (χ0n) is 16.5. The molecule has 0 atom stereocenters. The van der Waals surface area contributed by atoms with Crippen molar-refractivity contribution in [1.82, 2.24) is 15.1 Å². The molecule has 4 heteroatoms. The predicted octanol–water partition coefficient (Wildman–Crippen LogP) is 3.77. The lowest BCUT2D eigenvalue weighted by molar-refractivity contribution is 0.413. The Kier molecular flexibility index (Phi) is 5.03. The number of hydrogen-bond donors (Lipinski definition) is 1. The topological polar surface area (TPSA) is 33.1 Å². The maximum absolute atomic E-state index is 4.64. The van der Waals surface area contributed by atoms with Crippen LogP contribution >= 0.6 is 0 Å². The van der Waals surface area contributed by atoms with Crippen molar-refractivity contribution in [1.29, 1.82) is 0 Å². The standard InChI is InChI=1S/C22H32N4/c1-4-26-17(3)22(16(2)24-26)15-23-20-10-12-25(13-11-20)21-9-8-18-6-5-7-19(18)14-21/h8-9,14,20,23H,4-7,10-13,15H2,1-3H3. The number of fused-ring (bicyclic) bond motifs is 1. The van der Waals surface area contributed by atoms with E-state index < -0.39 is 0 Å². The van der Waals surface area contributed by atoms with E-state index in [1.54, 1.807) is 11.1 Å². The van der Waals surface area contributed by atoms with Gasteiger partial charge >= 0.3 is 0 Å². The van der Waals surface area contributed by atoms with Gasteiger partial charge in [-0.15, -0.1) is 0 Å². The fraction of sp³-hybridized carbons (Fsp3) is 0.591. The number of nitrogens with zero attached hydrogens (tertiary/aromatic N) is 3. The minimum atomic E-state index is 0.615. The molecule has 4 nitrogen and oxygen atoms in total. The van der Waals surface area contributed by atoms with Crippen LogP contribution in [0.2, 0.25) is 0 Å². The van der Waals surface area contributed by atoms with Crippen molar-refractivity contribution in [2.75, 3.05) is 18.0 Å². The third kappa shape index (κ3) is 3.39. The van der Waals surface area contributed by atoms with Crippen LogP contribution < -0.4 is 10.2 Å². The molecular weight excluding hydrogens is 320 g/mol. The quantitative estimate of drug-likeness (QED) is 0.889. The van der Waals surface area contributed by atoms with Gasteiger partial charge in [-0.05, 0) is 76.1 Å². The lowest BCUT2D eigenvalue weighted by Crippen LogP contribution is -2.42. The van der Waals surface area contributed by atoms with E-state index in [1.165, 1.54) is 54.7 Å². The summed E-state index contributed by atoms with van der Waals surface area (Å²) in [6.45, 7) is 10.7. The van der Waals surface area contributed by atoms with E-state index in [0.29, 0.717) is 6.04 Å². The van der Waals surface area contributed by atoms with E-state index in [9.17, 15) is 0 Å². The first-order valence-corrected chi connectivity index (χ1v) is 10.3. The number of rotatable bonds is 5. The van der Waals surface area contributed by atoms with Crippen LogP contribution in [-0.2, 0) is 25.9 Å². The van der Waals surface area contributed by atoms with Crippen molar-refractivity contribution in [3.63, 3.8) is 0 Å². The Labute approximate surface area is 157 Å². The van der Waals surface area contributed by atoms with E-state index in [2.05, 4.69) is 59.0 Å². The van der Waals surface area contributed by atoms with Crippen molar-refractivity contribution < 1.29 is 0 Å². The zero-order chi connectivity index (χ0) is 18.1. The number of piperidine rings is 1. The highest BCUT2D eigenvalue weighted by molar-refractivity contribution is 5.52. The Balaban J connectivity index is 1.32. The van der Waals surface area contributed by atoms with Gasteiger partial charge in [0.2, 0.25) is 0 Å². The summed E-state index contributed by atoms with van der Waals surface area (Å²) in [5.41, 5.74) is 8.46. The molecule has 4 rings (SSSR count). The summed E-state index contributed by atoms with van der Waals surface area (Å²) in [6, 6.07) is 7.76. The van der Waals surface area contributed by atoms with Gasteiger partial charge in [0, 0.05) is 49.2 Å². The van der Waals surface area contributed by atoms with Crippen molar-refractivity contribution in [2.24, 2.45) is 0 Å². The van der Waals surface area contributed by atoms with E-state index in [4.69, 9.17) is 0 Å². The van der Waals surface area contributed by atoms with Crippen LogP contribution in [0, 0.1) is 13.8 Å². The summed E-state index contributed by atoms with van der Waals surface area (Å²) in [4.78, 5) is 2.57. The molecule has 1 aliphatic carbocycles. The second-order valence-corrected chi connectivity index (χ2v) is 7.91. The molecule has 0 amide bonds. The molecule has 2 aliphatic rings. The Hall–Kier alpha value is -1.81. The number of aromatic nitrogens is 2. The Morgan fingerprint density at radius 3 is 2.62 bits per heavy atom. The van der Waals surface area contributed by atoms with Crippen LogP contribution in [0.15, 0.2) is 18.2 Å². The molecule has 2 aromatic rings. The Morgan fingerprint density at radius 2 is 1.88 bits per heavy atom. The largest absolute Gasteiger partial charge is 0.371 e. The molecule has 0 radical (unpaired) electrons. The van der Waals surface area contributed by atoms with E-state index >= 15 is 0 Å². The molecule has 1 fully saturated rings. The third-order valence-electron chi connectivity index (χ3n) is 6.34. The van der Waals surface area contributed by atoms with Crippen LogP contribution in [0.4, 0.5) is 5.69 Å². The van der Waals surface area contributed by atoms with Crippen molar-refractivity contribution in [3.8, 4) is 0 Å². The second kappa shape index (κ2) is 7.43. The Morgan fingerprint density at radius 1 is 1.12 bits per heavy atom. The summed E-state index contributed by atoms with van der Waals surface area (Å²) in [5, 5.41) is 8.43. The smallest absolute Gasteiger partial charge is 0.0641 e. The number of hydrogen-bond acceptors (Lipinski definition) is 3. The van der Waals surface area contributed by atoms with Crippen molar-refractivity contribution >= 4 is 5.69 Å². The summed E-state index contributed by atoms with van der Waals surface area (Å²) < 4.78 is 2.11. The first kappa shape index (κ1) is 17.6. The minimum absolute atomic E-state index is 0.615. The lowest BCUT2D eigenvalue weighted by atomic mass is 10.0. The highest BCUT2D eigenvalue weighted by atomic mass is 15.3. The second-order valence-electron chi connectivity index (χ2n) is 7.91.